The van der Waals surface area contributed by atoms with Crippen molar-refractivity contribution in [2.45, 2.75) is 63.1 Å². The van der Waals surface area contributed by atoms with Gasteiger partial charge in [-0.1, -0.05) is 12.8 Å². The van der Waals surface area contributed by atoms with E-state index in [1.165, 1.54) is 24.3 Å². The van der Waals surface area contributed by atoms with Gasteiger partial charge in [-0.05, 0) is 49.9 Å². The summed E-state index contributed by atoms with van der Waals surface area (Å²) in [6.07, 6.45) is 5.44. The van der Waals surface area contributed by atoms with E-state index < -0.39 is 6.04 Å². The maximum absolute atomic E-state index is 13.0. The van der Waals surface area contributed by atoms with Gasteiger partial charge in [-0.25, -0.2) is 4.39 Å². The summed E-state index contributed by atoms with van der Waals surface area (Å²) in [5.41, 5.74) is 0.466. The molecule has 3 amide bonds. The first kappa shape index (κ1) is 17.9. The number of piperazine rings is 1. The molecule has 2 N–H and O–H groups in total. The Morgan fingerprint density at radius 2 is 1.81 bits per heavy atom. The van der Waals surface area contributed by atoms with E-state index in [1.54, 1.807) is 4.90 Å². The quantitative estimate of drug-likeness (QED) is 0.849. The van der Waals surface area contributed by atoms with Crippen LogP contribution >= 0.6 is 0 Å². The van der Waals surface area contributed by atoms with E-state index in [9.17, 15) is 18.8 Å². The third-order valence-electron chi connectivity index (χ3n) is 5.74. The molecule has 2 saturated carbocycles. The number of nitrogens with one attached hydrogen (secondary N) is 2. The van der Waals surface area contributed by atoms with E-state index in [1.807, 2.05) is 0 Å². The maximum atomic E-state index is 13.0. The topological polar surface area (TPSA) is 78.5 Å². The smallest absolute Gasteiger partial charge is 0.243 e. The molecule has 0 bridgehead atoms. The second-order valence-electron chi connectivity index (χ2n) is 7.76. The van der Waals surface area contributed by atoms with Gasteiger partial charge in [0.05, 0.1) is 12.5 Å². The zero-order valence-corrected chi connectivity index (χ0v) is 15.1. The summed E-state index contributed by atoms with van der Waals surface area (Å²) >= 11 is 0. The molecule has 1 aliphatic heterocycles. The summed E-state index contributed by atoms with van der Waals surface area (Å²) in [5.74, 6) is -0.974. The van der Waals surface area contributed by atoms with Gasteiger partial charge < -0.3 is 15.5 Å². The van der Waals surface area contributed by atoms with Crippen molar-refractivity contribution in [2.75, 3.05) is 5.32 Å². The molecule has 1 saturated heterocycles. The first-order valence-corrected chi connectivity index (χ1v) is 9.71. The number of nitrogens with zero attached hydrogens (tertiary/aromatic N) is 1. The Morgan fingerprint density at radius 1 is 1.11 bits per heavy atom. The van der Waals surface area contributed by atoms with Crippen LogP contribution in [0.2, 0.25) is 0 Å². The molecule has 1 heterocycles. The van der Waals surface area contributed by atoms with E-state index in [-0.39, 0.29) is 48.0 Å². The Kier molecular flexibility index (Phi) is 4.85. The first-order chi connectivity index (χ1) is 13.0. The lowest BCUT2D eigenvalue weighted by Crippen LogP contribution is -2.68. The highest BCUT2D eigenvalue weighted by Gasteiger charge is 2.48. The minimum atomic E-state index is -0.780. The van der Waals surface area contributed by atoms with E-state index in [2.05, 4.69) is 10.6 Å². The molecular weight excluding hydrogens is 349 g/mol. The molecule has 6 nitrogen and oxygen atoms in total. The average Bonchev–Trinajstić information content (AvgIpc) is 3.49. The molecule has 3 fully saturated rings. The van der Waals surface area contributed by atoms with Crippen LogP contribution in [0.1, 0.15) is 44.9 Å². The Labute approximate surface area is 157 Å². The van der Waals surface area contributed by atoms with Gasteiger partial charge in [-0.2, -0.15) is 0 Å². The highest BCUT2D eigenvalue weighted by atomic mass is 19.1. The third-order valence-corrected chi connectivity index (χ3v) is 5.74. The number of halogens is 1. The zero-order valence-electron chi connectivity index (χ0n) is 15.1. The standard InChI is InChI=1S/C20H24FN3O3/c21-13-7-9-14(10-8-13)22-18(25)11-17-19(26)23-15-3-1-2-4-16(15)24(17)20(27)12-5-6-12/h7-10,12,15-17H,1-6,11H2,(H,22,25)(H,23,26)/t15-,16+,17+/m0/s1. The molecule has 0 radical (unpaired) electrons. The van der Waals surface area contributed by atoms with Crippen LogP contribution in [0.3, 0.4) is 0 Å². The molecule has 0 aromatic heterocycles. The molecule has 4 rings (SSSR count). The van der Waals surface area contributed by atoms with Gasteiger partial charge in [0.1, 0.15) is 11.9 Å². The maximum Gasteiger partial charge on any atom is 0.243 e. The zero-order chi connectivity index (χ0) is 19.0. The molecule has 0 unspecified atom stereocenters. The van der Waals surface area contributed by atoms with Gasteiger partial charge in [0.25, 0.3) is 0 Å². The van der Waals surface area contributed by atoms with E-state index in [4.69, 9.17) is 0 Å². The third kappa shape index (κ3) is 3.82. The Morgan fingerprint density at radius 3 is 2.52 bits per heavy atom. The van der Waals surface area contributed by atoms with Crippen molar-refractivity contribution < 1.29 is 18.8 Å². The lowest BCUT2D eigenvalue weighted by molar-refractivity contribution is -0.152. The monoisotopic (exact) mass is 373 g/mol. The largest absolute Gasteiger partial charge is 0.349 e. The lowest BCUT2D eigenvalue weighted by Gasteiger charge is -2.48. The average molecular weight is 373 g/mol. The number of carbonyl (C=O) groups excluding carboxylic acids is 3. The van der Waals surface area contributed by atoms with Crippen molar-refractivity contribution in [1.29, 1.82) is 0 Å². The number of anilines is 1. The first-order valence-electron chi connectivity index (χ1n) is 9.71. The predicted octanol–water partition coefficient (Wildman–Crippen LogP) is 2.20. The second-order valence-corrected chi connectivity index (χ2v) is 7.76. The number of carbonyl (C=O) groups is 3. The molecule has 144 valence electrons. The lowest BCUT2D eigenvalue weighted by atomic mass is 9.85. The highest BCUT2D eigenvalue weighted by molar-refractivity contribution is 5.98. The fraction of sp³-hybridized carbons (Fsp3) is 0.550. The van der Waals surface area contributed by atoms with Gasteiger partial charge in [0.15, 0.2) is 0 Å². The van der Waals surface area contributed by atoms with Crippen LogP contribution in [0.15, 0.2) is 24.3 Å². The van der Waals surface area contributed by atoms with Crippen molar-refractivity contribution >= 4 is 23.4 Å². The fourth-order valence-electron chi connectivity index (χ4n) is 4.22. The summed E-state index contributed by atoms with van der Waals surface area (Å²) in [6, 6.07) is 4.66. The SMILES string of the molecule is O=C(C[C@@H]1C(=O)N[C@H]2CCCC[C@H]2N1C(=O)C1CC1)Nc1ccc(F)cc1. The normalized spacial score (nSPS) is 27.5. The number of fused-ring (bicyclic) bond motifs is 1. The highest BCUT2D eigenvalue weighted by Crippen LogP contribution is 2.37. The molecule has 0 spiro atoms. The summed E-state index contributed by atoms with van der Waals surface area (Å²) in [5, 5.41) is 5.72. The minimum Gasteiger partial charge on any atom is -0.349 e. The molecule has 27 heavy (non-hydrogen) atoms. The van der Waals surface area contributed by atoms with Crippen LogP contribution < -0.4 is 10.6 Å². The minimum absolute atomic E-state index is 0.00105. The molecule has 1 aromatic rings. The summed E-state index contributed by atoms with van der Waals surface area (Å²) in [7, 11) is 0. The fourth-order valence-corrected chi connectivity index (χ4v) is 4.22. The van der Waals surface area contributed by atoms with Crippen molar-refractivity contribution in [2.24, 2.45) is 5.92 Å². The molecule has 1 aromatic carbocycles. The second kappa shape index (κ2) is 7.29. The number of benzene rings is 1. The van der Waals surface area contributed by atoms with Crippen molar-refractivity contribution in [3.8, 4) is 0 Å². The number of hydrogen-bond donors (Lipinski definition) is 2. The van der Waals surface area contributed by atoms with Gasteiger partial charge in [-0.3, -0.25) is 14.4 Å². The summed E-state index contributed by atoms with van der Waals surface area (Å²) < 4.78 is 13.0. The van der Waals surface area contributed by atoms with Crippen molar-refractivity contribution in [3.63, 3.8) is 0 Å². The van der Waals surface area contributed by atoms with Crippen LogP contribution in [-0.4, -0.2) is 40.7 Å². The molecular formula is C20H24FN3O3. The molecule has 2 aliphatic carbocycles. The Hall–Kier alpha value is -2.44. The number of rotatable bonds is 4. The van der Waals surface area contributed by atoms with Crippen LogP contribution in [0.4, 0.5) is 10.1 Å². The van der Waals surface area contributed by atoms with Crippen LogP contribution in [0.25, 0.3) is 0 Å². The summed E-state index contributed by atoms with van der Waals surface area (Å²) in [6.45, 7) is 0. The Balaban J connectivity index is 1.51. The van der Waals surface area contributed by atoms with Crippen molar-refractivity contribution in [1.82, 2.24) is 10.2 Å². The predicted molar refractivity (Wildman–Crippen MR) is 97.2 cm³/mol. The van der Waals surface area contributed by atoms with E-state index in [0.717, 1.165) is 38.5 Å². The summed E-state index contributed by atoms with van der Waals surface area (Å²) in [4.78, 5) is 39.8. The van der Waals surface area contributed by atoms with Crippen LogP contribution in [0, 0.1) is 11.7 Å². The van der Waals surface area contributed by atoms with Gasteiger partial charge in [0.2, 0.25) is 17.7 Å². The van der Waals surface area contributed by atoms with Crippen LogP contribution in [-0.2, 0) is 14.4 Å². The molecule has 3 aliphatic rings. The van der Waals surface area contributed by atoms with Crippen molar-refractivity contribution in [3.05, 3.63) is 30.1 Å². The number of amides is 3. The molecule has 7 heteroatoms. The van der Waals surface area contributed by atoms with Gasteiger partial charge in [0, 0.05) is 17.6 Å². The van der Waals surface area contributed by atoms with E-state index in [0.29, 0.717) is 5.69 Å². The number of hydrogen-bond acceptors (Lipinski definition) is 3. The van der Waals surface area contributed by atoms with E-state index >= 15 is 0 Å². The van der Waals surface area contributed by atoms with Gasteiger partial charge in [-0.15, -0.1) is 0 Å². The molecule has 3 atom stereocenters. The van der Waals surface area contributed by atoms with Gasteiger partial charge >= 0.3 is 0 Å². The Bertz CT molecular complexity index is 747. The van der Waals surface area contributed by atoms with Crippen LogP contribution in [0.5, 0.6) is 0 Å².